The molecule has 1 aliphatic rings. The molecule has 12 heteroatoms. The van der Waals surface area contributed by atoms with E-state index in [0.29, 0.717) is 19.4 Å². The molecule has 0 aliphatic carbocycles. The molecule has 1 heterocycles. The Morgan fingerprint density at radius 1 is 0.784 bits per heavy atom. The SMILES string of the molecule is CCCCCCCCCCCCCCNC(=O)[C@H](Cc1ccc(O)cc1)NC(=O)[C@@H]1CCCN1C(=O)[C@@H](NC(=O)[C@@H](NC(C)=O)C(C)C)[C@@H](C)O. The third-order valence-electron chi connectivity index (χ3n) is 9.53. The summed E-state index contributed by atoms with van der Waals surface area (Å²) in [4.78, 5) is 67.0. The lowest BCUT2D eigenvalue weighted by molar-refractivity contribution is -0.144. The molecular weight excluding hydrogens is 650 g/mol. The van der Waals surface area contributed by atoms with E-state index in [1.54, 1.807) is 26.0 Å². The van der Waals surface area contributed by atoms with Crippen LogP contribution in [-0.4, -0.2) is 88.0 Å². The van der Waals surface area contributed by atoms with E-state index in [-0.39, 0.29) is 30.5 Å². The number of amides is 5. The Morgan fingerprint density at radius 3 is 1.88 bits per heavy atom. The first-order valence-electron chi connectivity index (χ1n) is 19.3. The van der Waals surface area contributed by atoms with Crippen molar-refractivity contribution in [2.24, 2.45) is 5.92 Å². The van der Waals surface area contributed by atoms with Gasteiger partial charge in [-0.25, -0.2) is 0 Å². The second-order valence-corrected chi connectivity index (χ2v) is 14.5. The lowest BCUT2D eigenvalue weighted by Gasteiger charge is -2.32. The summed E-state index contributed by atoms with van der Waals surface area (Å²) in [7, 11) is 0. The van der Waals surface area contributed by atoms with Crippen molar-refractivity contribution in [3.8, 4) is 5.75 Å². The second kappa shape index (κ2) is 23.7. The number of carbonyl (C=O) groups is 5. The molecule has 0 bridgehead atoms. The highest BCUT2D eigenvalue weighted by atomic mass is 16.3. The standard InChI is InChI=1S/C39H65N5O7/c1-6-7-8-9-10-11-12-13-14-15-16-17-24-40-36(48)32(26-30-20-22-31(47)23-21-30)42-37(49)33-19-18-25-44(33)39(51)35(28(4)45)43-38(50)34(27(2)3)41-29(5)46/h20-23,27-28,32-35,45,47H,6-19,24-26H2,1-5H3,(H,40,48)(H,41,46)(H,42,49)(H,43,50)/t28-,32+,33+,34+,35+/m1/s1. The number of rotatable bonds is 24. The number of phenolic OH excluding ortho intramolecular Hbond substituents is 1. The van der Waals surface area contributed by atoms with Gasteiger partial charge in [0.05, 0.1) is 6.10 Å². The van der Waals surface area contributed by atoms with Gasteiger partial charge in [-0.05, 0) is 49.8 Å². The van der Waals surface area contributed by atoms with Crippen molar-refractivity contribution < 1.29 is 34.2 Å². The molecule has 6 N–H and O–H groups in total. The van der Waals surface area contributed by atoms with Crippen LogP contribution in [0.15, 0.2) is 24.3 Å². The van der Waals surface area contributed by atoms with Crippen molar-refractivity contribution in [2.45, 2.75) is 161 Å². The molecule has 0 radical (unpaired) electrons. The molecule has 1 fully saturated rings. The number of carbonyl (C=O) groups excluding carboxylic acids is 5. The number of hydrogen-bond donors (Lipinski definition) is 6. The Hall–Kier alpha value is -3.67. The lowest BCUT2D eigenvalue weighted by atomic mass is 10.0. The number of nitrogens with zero attached hydrogens (tertiary/aromatic N) is 1. The molecule has 12 nitrogen and oxygen atoms in total. The zero-order valence-electron chi connectivity index (χ0n) is 31.7. The Balaban J connectivity index is 1.99. The number of hydrogen-bond acceptors (Lipinski definition) is 7. The number of aliphatic hydroxyl groups is 1. The zero-order valence-corrected chi connectivity index (χ0v) is 31.7. The van der Waals surface area contributed by atoms with Gasteiger partial charge in [-0.1, -0.05) is 104 Å². The van der Waals surface area contributed by atoms with Crippen LogP contribution >= 0.6 is 0 Å². The molecule has 2 rings (SSSR count). The maximum Gasteiger partial charge on any atom is 0.248 e. The number of nitrogens with one attached hydrogen (secondary N) is 4. The number of aliphatic hydroxyl groups excluding tert-OH is 1. The molecule has 5 atom stereocenters. The number of aromatic hydroxyl groups is 1. The number of phenols is 1. The quantitative estimate of drug-likeness (QED) is 0.0867. The molecule has 0 aromatic heterocycles. The van der Waals surface area contributed by atoms with Crippen molar-refractivity contribution in [3.63, 3.8) is 0 Å². The van der Waals surface area contributed by atoms with Gasteiger partial charge < -0.3 is 36.4 Å². The summed E-state index contributed by atoms with van der Waals surface area (Å²) in [6, 6.07) is 2.36. The van der Waals surface area contributed by atoms with Gasteiger partial charge in [0.15, 0.2) is 0 Å². The minimum absolute atomic E-state index is 0.0902. The molecular formula is C39H65N5O7. The highest BCUT2D eigenvalue weighted by molar-refractivity contribution is 5.96. The van der Waals surface area contributed by atoms with E-state index in [4.69, 9.17) is 0 Å². The molecule has 0 saturated carbocycles. The van der Waals surface area contributed by atoms with Gasteiger partial charge >= 0.3 is 0 Å². The normalized spacial score (nSPS) is 16.6. The molecule has 1 aromatic rings. The summed E-state index contributed by atoms with van der Waals surface area (Å²) >= 11 is 0. The summed E-state index contributed by atoms with van der Waals surface area (Å²) < 4.78 is 0. The van der Waals surface area contributed by atoms with E-state index in [0.717, 1.165) is 24.8 Å². The molecule has 0 unspecified atom stereocenters. The third kappa shape index (κ3) is 16.0. The Labute approximate surface area is 305 Å². The van der Waals surface area contributed by atoms with Crippen molar-refractivity contribution >= 4 is 29.5 Å². The van der Waals surface area contributed by atoms with Crippen LogP contribution < -0.4 is 21.3 Å². The molecule has 5 amide bonds. The van der Waals surface area contributed by atoms with Gasteiger partial charge in [0, 0.05) is 26.4 Å². The summed E-state index contributed by atoms with van der Waals surface area (Å²) in [5.74, 6) is -2.65. The van der Waals surface area contributed by atoms with Gasteiger partial charge in [-0.3, -0.25) is 24.0 Å². The average Bonchev–Trinajstić information content (AvgIpc) is 3.58. The Bertz CT molecular complexity index is 1220. The predicted octanol–water partition coefficient (Wildman–Crippen LogP) is 4.25. The molecule has 0 spiro atoms. The van der Waals surface area contributed by atoms with Gasteiger partial charge in [-0.2, -0.15) is 0 Å². The fourth-order valence-corrected chi connectivity index (χ4v) is 6.51. The second-order valence-electron chi connectivity index (χ2n) is 14.5. The van der Waals surface area contributed by atoms with E-state index < -0.39 is 53.9 Å². The maximum absolute atomic E-state index is 13.7. The van der Waals surface area contributed by atoms with Crippen LogP contribution in [-0.2, 0) is 30.4 Å². The van der Waals surface area contributed by atoms with Crippen molar-refractivity contribution in [1.29, 1.82) is 0 Å². The first kappa shape index (κ1) is 43.5. The van der Waals surface area contributed by atoms with E-state index in [1.165, 1.54) is 88.7 Å². The van der Waals surface area contributed by atoms with Gasteiger partial charge in [0.2, 0.25) is 29.5 Å². The van der Waals surface area contributed by atoms with Crippen molar-refractivity contribution in [1.82, 2.24) is 26.2 Å². The summed E-state index contributed by atoms with van der Waals surface area (Å²) in [6.45, 7) is 9.14. The molecule has 1 aromatic carbocycles. The van der Waals surface area contributed by atoms with Crippen LogP contribution in [0.1, 0.15) is 130 Å². The largest absolute Gasteiger partial charge is 0.508 e. The van der Waals surface area contributed by atoms with E-state index >= 15 is 0 Å². The highest BCUT2D eigenvalue weighted by Gasteiger charge is 2.41. The molecule has 51 heavy (non-hydrogen) atoms. The minimum Gasteiger partial charge on any atom is -0.508 e. The Kier molecular flexibility index (Phi) is 20.2. The topological polar surface area (TPSA) is 177 Å². The van der Waals surface area contributed by atoms with Crippen LogP contribution in [0.3, 0.4) is 0 Å². The summed E-state index contributed by atoms with van der Waals surface area (Å²) in [6.07, 6.45) is 14.3. The summed E-state index contributed by atoms with van der Waals surface area (Å²) in [5.41, 5.74) is 0.744. The van der Waals surface area contributed by atoms with Crippen molar-refractivity contribution in [2.75, 3.05) is 13.1 Å². The van der Waals surface area contributed by atoms with E-state index in [2.05, 4.69) is 28.2 Å². The maximum atomic E-state index is 13.7. The van der Waals surface area contributed by atoms with E-state index in [1.807, 2.05) is 0 Å². The highest BCUT2D eigenvalue weighted by Crippen LogP contribution is 2.21. The Morgan fingerprint density at radius 2 is 1.35 bits per heavy atom. The number of unbranched alkanes of at least 4 members (excludes halogenated alkanes) is 11. The molecule has 1 aliphatic heterocycles. The van der Waals surface area contributed by atoms with Crippen LogP contribution in [0, 0.1) is 5.92 Å². The fourth-order valence-electron chi connectivity index (χ4n) is 6.51. The zero-order chi connectivity index (χ0) is 37.8. The summed E-state index contributed by atoms with van der Waals surface area (Å²) in [5, 5.41) is 31.3. The van der Waals surface area contributed by atoms with Gasteiger partial charge in [-0.15, -0.1) is 0 Å². The lowest BCUT2D eigenvalue weighted by Crippen LogP contribution is -2.61. The van der Waals surface area contributed by atoms with Crippen molar-refractivity contribution in [3.05, 3.63) is 29.8 Å². The van der Waals surface area contributed by atoms with Crippen LogP contribution in [0.4, 0.5) is 0 Å². The minimum atomic E-state index is -1.34. The van der Waals surface area contributed by atoms with Crippen LogP contribution in [0.2, 0.25) is 0 Å². The number of benzene rings is 1. The first-order valence-corrected chi connectivity index (χ1v) is 19.3. The smallest absolute Gasteiger partial charge is 0.248 e. The van der Waals surface area contributed by atoms with Gasteiger partial charge in [0.1, 0.15) is 29.9 Å². The molecule has 1 saturated heterocycles. The van der Waals surface area contributed by atoms with Crippen LogP contribution in [0.25, 0.3) is 0 Å². The number of likely N-dealkylation sites (tertiary alicyclic amines) is 1. The van der Waals surface area contributed by atoms with Crippen LogP contribution in [0.5, 0.6) is 5.75 Å². The van der Waals surface area contributed by atoms with E-state index in [9.17, 15) is 34.2 Å². The monoisotopic (exact) mass is 715 g/mol. The average molecular weight is 716 g/mol. The fraction of sp³-hybridized carbons (Fsp3) is 0.718. The van der Waals surface area contributed by atoms with Gasteiger partial charge in [0.25, 0.3) is 0 Å². The third-order valence-corrected chi connectivity index (χ3v) is 9.53. The first-order chi connectivity index (χ1) is 24.3. The predicted molar refractivity (Wildman–Crippen MR) is 199 cm³/mol. The molecule has 288 valence electrons.